The fraction of sp³-hybridized carbons (Fsp3) is 0.222. The lowest BCUT2D eigenvalue weighted by molar-refractivity contribution is -0.115. The van der Waals surface area contributed by atoms with Crippen LogP contribution in [0.4, 0.5) is 5.69 Å². The zero-order valence-corrected chi connectivity index (χ0v) is 14.6. The van der Waals surface area contributed by atoms with Crippen LogP contribution in [0.5, 0.6) is 0 Å². The van der Waals surface area contributed by atoms with Crippen LogP contribution in [0, 0.1) is 0 Å². The summed E-state index contributed by atoms with van der Waals surface area (Å²) in [5.74, 6) is -1.22. The highest BCUT2D eigenvalue weighted by Gasteiger charge is 2.16. The maximum absolute atomic E-state index is 12.2. The van der Waals surface area contributed by atoms with Crippen LogP contribution in [0.15, 0.2) is 59.5 Å². The van der Waals surface area contributed by atoms with E-state index in [1.54, 1.807) is 43.3 Å². The molecule has 6 nitrogen and oxygen atoms in total. The minimum atomic E-state index is -3.51. The number of esters is 1. The molecule has 0 aliphatic carbocycles. The van der Waals surface area contributed by atoms with Crippen molar-refractivity contribution in [2.24, 2.45) is 0 Å². The summed E-state index contributed by atoms with van der Waals surface area (Å²) in [6.45, 7) is 1.96. The average Bonchev–Trinajstić information content (AvgIpc) is 2.61. The molecule has 0 bridgehead atoms. The van der Waals surface area contributed by atoms with Crippen molar-refractivity contribution in [2.45, 2.75) is 18.2 Å². The van der Waals surface area contributed by atoms with Crippen molar-refractivity contribution in [3.63, 3.8) is 0 Å². The number of nitrogens with one attached hydrogen (secondary N) is 1. The van der Waals surface area contributed by atoms with Gasteiger partial charge in [0.2, 0.25) is 5.91 Å². The molecule has 0 saturated carbocycles. The number of hydrogen-bond acceptors (Lipinski definition) is 5. The average molecular weight is 361 g/mol. The highest BCUT2D eigenvalue weighted by molar-refractivity contribution is 7.91. The molecule has 2 aromatic carbocycles. The third kappa shape index (κ3) is 5.42. The van der Waals surface area contributed by atoms with E-state index in [-0.39, 0.29) is 23.7 Å². The second-order valence-corrected chi connectivity index (χ2v) is 7.34. The van der Waals surface area contributed by atoms with E-state index in [0.29, 0.717) is 11.3 Å². The molecule has 2 aromatic rings. The lowest BCUT2D eigenvalue weighted by atomic mass is 10.2. The second kappa shape index (κ2) is 8.43. The normalized spacial score (nSPS) is 10.9. The number of benzene rings is 2. The Morgan fingerprint density at radius 1 is 1.04 bits per heavy atom. The van der Waals surface area contributed by atoms with Gasteiger partial charge < -0.3 is 10.1 Å². The van der Waals surface area contributed by atoms with E-state index >= 15 is 0 Å². The Kier molecular flexibility index (Phi) is 6.30. The smallest absolute Gasteiger partial charge is 0.338 e. The standard InChI is InChI=1S/C18H19NO5S/c1-2-24-18(21)14-7-6-8-15(13-14)19-17(20)11-12-25(22,23)16-9-4-3-5-10-16/h3-10,13H,2,11-12H2,1H3,(H,19,20). The minimum Gasteiger partial charge on any atom is -0.462 e. The summed E-state index contributed by atoms with van der Waals surface area (Å²) >= 11 is 0. The largest absolute Gasteiger partial charge is 0.462 e. The van der Waals surface area contributed by atoms with E-state index < -0.39 is 21.7 Å². The van der Waals surface area contributed by atoms with Crippen molar-refractivity contribution in [2.75, 3.05) is 17.7 Å². The van der Waals surface area contributed by atoms with Crippen molar-refractivity contribution >= 4 is 27.4 Å². The van der Waals surface area contributed by atoms with Gasteiger partial charge in [-0.05, 0) is 37.3 Å². The van der Waals surface area contributed by atoms with Crippen molar-refractivity contribution in [3.8, 4) is 0 Å². The fourth-order valence-corrected chi connectivity index (χ4v) is 3.40. The number of sulfone groups is 1. The zero-order valence-electron chi connectivity index (χ0n) is 13.8. The van der Waals surface area contributed by atoms with E-state index in [0.717, 1.165) is 0 Å². The summed E-state index contributed by atoms with van der Waals surface area (Å²) in [7, 11) is -3.51. The van der Waals surface area contributed by atoms with Gasteiger partial charge in [-0.25, -0.2) is 13.2 Å². The Bertz CT molecular complexity index is 847. The molecule has 0 unspecified atom stereocenters. The Morgan fingerprint density at radius 3 is 2.44 bits per heavy atom. The molecule has 0 aromatic heterocycles. The summed E-state index contributed by atoms with van der Waals surface area (Å²) in [4.78, 5) is 23.9. The predicted molar refractivity (Wildman–Crippen MR) is 94.1 cm³/mol. The molecule has 2 rings (SSSR count). The van der Waals surface area contributed by atoms with Crippen LogP contribution in [-0.2, 0) is 19.4 Å². The number of carbonyl (C=O) groups excluding carboxylic acids is 2. The van der Waals surface area contributed by atoms with Crippen molar-refractivity contribution in [3.05, 3.63) is 60.2 Å². The zero-order chi connectivity index (χ0) is 18.3. The Morgan fingerprint density at radius 2 is 1.76 bits per heavy atom. The number of carbonyl (C=O) groups is 2. The van der Waals surface area contributed by atoms with Crippen LogP contribution in [0.25, 0.3) is 0 Å². The van der Waals surface area contributed by atoms with Gasteiger partial charge in [0.25, 0.3) is 0 Å². The highest BCUT2D eigenvalue weighted by Crippen LogP contribution is 2.14. The molecule has 7 heteroatoms. The first-order chi connectivity index (χ1) is 11.9. The van der Waals surface area contributed by atoms with Gasteiger partial charge in [-0.3, -0.25) is 4.79 Å². The predicted octanol–water partition coefficient (Wildman–Crippen LogP) is 2.67. The molecule has 0 saturated heterocycles. The Balaban J connectivity index is 1.97. The van der Waals surface area contributed by atoms with Gasteiger partial charge in [-0.15, -0.1) is 0 Å². The maximum atomic E-state index is 12.2. The molecular formula is C18H19NO5S. The summed E-state index contributed by atoms with van der Waals surface area (Å²) in [6, 6.07) is 14.3. The number of amides is 1. The number of rotatable bonds is 7. The van der Waals surface area contributed by atoms with Gasteiger partial charge in [0.05, 0.1) is 22.8 Å². The number of anilines is 1. The molecule has 0 spiro atoms. The van der Waals surface area contributed by atoms with Crippen LogP contribution >= 0.6 is 0 Å². The molecule has 25 heavy (non-hydrogen) atoms. The van der Waals surface area contributed by atoms with Crippen LogP contribution < -0.4 is 5.32 Å². The third-order valence-corrected chi connectivity index (χ3v) is 5.09. The lowest BCUT2D eigenvalue weighted by Gasteiger charge is -2.08. The van der Waals surface area contributed by atoms with Gasteiger partial charge in [0, 0.05) is 12.1 Å². The monoisotopic (exact) mass is 361 g/mol. The Hall–Kier alpha value is -2.67. The number of hydrogen-bond donors (Lipinski definition) is 1. The van der Waals surface area contributed by atoms with E-state index in [1.165, 1.54) is 18.2 Å². The molecule has 0 aliphatic rings. The molecular weight excluding hydrogens is 342 g/mol. The van der Waals surface area contributed by atoms with Gasteiger partial charge in [0.1, 0.15) is 0 Å². The summed E-state index contributed by atoms with van der Waals surface area (Å²) in [5, 5.41) is 2.59. The third-order valence-electron chi connectivity index (χ3n) is 3.36. The molecule has 0 heterocycles. The van der Waals surface area contributed by atoms with Gasteiger partial charge in [0.15, 0.2) is 9.84 Å². The first-order valence-corrected chi connectivity index (χ1v) is 9.42. The Labute approximate surface area is 146 Å². The molecule has 0 radical (unpaired) electrons. The fourth-order valence-electron chi connectivity index (χ4n) is 2.13. The van der Waals surface area contributed by atoms with Gasteiger partial charge >= 0.3 is 5.97 Å². The topological polar surface area (TPSA) is 89.5 Å². The first-order valence-electron chi connectivity index (χ1n) is 7.77. The summed E-state index contributed by atoms with van der Waals surface area (Å²) in [5.41, 5.74) is 0.726. The second-order valence-electron chi connectivity index (χ2n) is 5.23. The van der Waals surface area contributed by atoms with Crippen LogP contribution in [0.2, 0.25) is 0 Å². The molecule has 1 amide bonds. The SMILES string of the molecule is CCOC(=O)c1cccc(NC(=O)CCS(=O)(=O)c2ccccc2)c1. The van der Waals surface area contributed by atoms with Crippen LogP contribution in [-0.4, -0.2) is 32.7 Å². The number of ether oxygens (including phenoxy) is 1. The molecule has 0 aliphatic heterocycles. The quantitative estimate of drug-likeness (QED) is 0.766. The molecule has 0 atom stereocenters. The molecule has 1 N–H and O–H groups in total. The highest BCUT2D eigenvalue weighted by atomic mass is 32.2. The van der Waals surface area contributed by atoms with Gasteiger partial charge in [-0.2, -0.15) is 0 Å². The van der Waals surface area contributed by atoms with Gasteiger partial charge in [-0.1, -0.05) is 24.3 Å². The minimum absolute atomic E-state index is 0.180. The lowest BCUT2D eigenvalue weighted by Crippen LogP contribution is -2.17. The van der Waals surface area contributed by atoms with Crippen LogP contribution in [0.1, 0.15) is 23.7 Å². The van der Waals surface area contributed by atoms with E-state index in [9.17, 15) is 18.0 Å². The van der Waals surface area contributed by atoms with E-state index in [2.05, 4.69) is 5.32 Å². The molecule has 132 valence electrons. The summed E-state index contributed by atoms with van der Waals surface area (Å²) in [6.07, 6.45) is -0.180. The van der Waals surface area contributed by atoms with Crippen molar-refractivity contribution in [1.82, 2.24) is 0 Å². The maximum Gasteiger partial charge on any atom is 0.338 e. The first kappa shape index (κ1) is 18.7. The van der Waals surface area contributed by atoms with E-state index in [1.807, 2.05) is 0 Å². The molecule has 0 fully saturated rings. The van der Waals surface area contributed by atoms with Crippen molar-refractivity contribution < 1.29 is 22.7 Å². The van der Waals surface area contributed by atoms with Crippen LogP contribution in [0.3, 0.4) is 0 Å². The van der Waals surface area contributed by atoms with Crippen molar-refractivity contribution in [1.29, 1.82) is 0 Å². The summed E-state index contributed by atoms with van der Waals surface area (Å²) < 4.78 is 29.2. The van der Waals surface area contributed by atoms with E-state index in [4.69, 9.17) is 4.74 Å².